The number of carbonyl (C=O) groups is 1. The zero-order valence-electron chi connectivity index (χ0n) is 5.05. The van der Waals surface area contributed by atoms with E-state index in [0.29, 0.717) is 25.9 Å². The quantitative estimate of drug-likeness (QED) is 0.513. The van der Waals surface area contributed by atoms with Crippen LogP contribution in [-0.2, 0) is 9.53 Å². The Bertz CT molecular complexity index is 99.2. The Hall–Kier alpha value is -0.440. The van der Waals surface area contributed by atoms with Crippen molar-refractivity contribution in [2.75, 3.05) is 13.2 Å². The molecule has 0 amide bonds. The van der Waals surface area contributed by atoms with Gasteiger partial charge in [-0.15, -0.1) is 0 Å². The van der Waals surface area contributed by atoms with Crippen LogP contribution >= 0.6 is 0 Å². The van der Waals surface area contributed by atoms with Gasteiger partial charge in [-0.25, -0.2) is 4.39 Å². The number of hydrogen-bond donors (Lipinski definition) is 0. The first-order valence-electron chi connectivity index (χ1n) is 3.01. The zero-order chi connectivity index (χ0) is 6.69. The van der Waals surface area contributed by atoms with E-state index in [1.165, 1.54) is 0 Å². The van der Waals surface area contributed by atoms with Gasteiger partial charge >= 0.3 is 0 Å². The topological polar surface area (TPSA) is 26.3 Å². The van der Waals surface area contributed by atoms with Crippen LogP contribution in [0.15, 0.2) is 0 Å². The lowest BCUT2D eigenvalue weighted by Crippen LogP contribution is -2.16. The van der Waals surface area contributed by atoms with Gasteiger partial charge in [0.25, 0.3) is 0 Å². The van der Waals surface area contributed by atoms with E-state index in [4.69, 9.17) is 4.74 Å². The highest BCUT2D eigenvalue weighted by atomic mass is 19.1. The first-order chi connectivity index (χ1) is 4.34. The molecule has 0 spiro atoms. The summed E-state index contributed by atoms with van der Waals surface area (Å²) >= 11 is 0. The van der Waals surface area contributed by atoms with E-state index >= 15 is 0 Å². The smallest absolute Gasteiger partial charge is 0.160 e. The van der Waals surface area contributed by atoms with Gasteiger partial charge in [0.2, 0.25) is 0 Å². The Kier molecular flexibility index (Phi) is 2.16. The van der Waals surface area contributed by atoms with Gasteiger partial charge < -0.3 is 9.53 Å². The van der Waals surface area contributed by atoms with Crippen LogP contribution in [0.3, 0.4) is 0 Å². The monoisotopic (exact) mass is 132 g/mol. The van der Waals surface area contributed by atoms with E-state index in [0.717, 1.165) is 0 Å². The third kappa shape index (κ3) is 1.48. The maximum atomic E-state index is 12.4. The molecule has 1 aliphatic heterocycles. The summed E-state index contributed by atoms with van der Waals surface area (Å²) in [6, 6.07) is 0. The third-order valence-electron chi connectivity index (χ3n) is 1.55. The van der Waals surface area contributed by atoms with Crippen LogP contribution in [0.25, 0.3) is 0 Å². The Morgan fingerprint density at radius 3 is 3.00 bits per heavy atom. The Morgan fingerprint density at radius 2 is 2.56 bits per heavy atom. The number of aldehydes is 1. The lowest BCUT2D eigenvalue weighted by molar-refractivity contribution is -0.113. The van der Waals surface area contributed by atoms with E-state index in [-0.39, 0.29) is 5.92 Å². The maximum Gasteiger partial charge on any atom is 0.160 e. The maximum absolute atomic E-state index is 12.4. The summed E-state index contributed by atoms with van der Waals surface area (Å²) in [5, 5.41) is 0. The second-order valence-corrected chi connectivity index (χ2v) is 2.20. The van der Waals surface area contributed by atoms with Gasteiger partial charge in [-0.3, -0.25) is 0 Å². The largest absolute Gasteiger partial charge is 0.381 e. The van der Waals surface area contributed by atoms with E-state index < -0.39 is 6.17 Å². The molecule has 1 fully saturated rings. The average Bonchev–Trinajstić information content (AvgIpc) is 2.37. The fraction of sp³-hybridized carbons (Fsp3) is 0.833. The van der Waals surface area contributed by atoms with Gasteiger partial charge in [0.15, 0.2) is 12.5 Å². The van der Waals surface area contributed by atoms with Crippen LogP contribution < -0.4 is 0 Å². The lowest BCUT2D eigenvalue weighted by Gasteiger charge is -2.04. The van der Waals surface area contributed by atoms with Crippen molar-refractivity contribution in [3.63, 3.8) is 0 Å². The summed E-state index contributed by atoms with van der Waals surface area (Å²) in [6.07, 6.45) is -0.285. The van der Waals surface area contributed by atoms with Crippen molar-refractivity contribution >= 4 is 6.29 Å². The van der Waals surface area contributed by atoms with Gasteiger partial charge in [-0.2, -0.15) is 0 Å². The van der Waals surface area contributed by atoms with Crippen molar-refractivity contribution in [3.8, 4) is 0 Å². The van der Waals surface area contributed by atoms with Gasteiger partial charge in [0.05, 0.1) is 6.61 Å². The van der Waals surface area contributed by atoms with Crippen molar-refractivity contribution in [2.24, 2.45) is 5.92 Å². The highest BCUT2D eigenvalue weighted by Crippen LogP contribution is 2.17. The van der Waals surface area contributed by atoms with Gasteiger partial charge in [-0.05, 0) is 6.42 Å². The van der Waals surface area contributed by atoms with Crippen molar-refractivity contribution in [2.45, 2.75) is 12.6 Å². The van der Waals surface area contributed by atoms with Crippen molar-refractivity contribution in [1.29, 1.82) is 0 Å². The lowest BCUT2D eigenvalue weighted by atomic mass is 10.0. The molecule has 2 unspecified atom stereocenters. The number of ether oxygens (including phenoxy) is 1. The SMILES string of the molecule is O=CC(F)C1CCOC1. The van der Waals surface area contributed by atoms with Gasteiger partial charge in [0.1, 0.15) is 0 Å². The molecule has 0 bridgehead atoms. The van der Waals surface area contributed by atoms with E-state index in [1.54, 1.807) is 0 Å². The predicted octanol–water partition coefficient (Wildman–Crippen LogP) is 0.560. The molecule has 1 rings (SSSR count). The van der Waals surface area contributed by atoms with Crippen LogP contribution in [0.4, 0.5) is 4.39 Å². The van der Waals surface area contributed by atoms with Crippen LogP contribution in [0.1, 0.15) is 6.42 Å². The molecule has 0 aliphatic carbocycles. The van der Waals surface area contributed by atoms with Crippen molar-refractivity contribution in [3.05, 3.63) is 0 Å². The standard InChI is InChI=1S/C6H9FO2/c7-6(3-8)5-1-2-9-4-5/h3,5-6H,1-2,4H2. The Balaban J connectivity index is 2.32. The molecule has 0 saturated carbocycles. The Labute approximate surface area is 53.0 Å². The number of halogens is 1. The normalized spacial score (nSPS) is 30.1. The summed E-state index contributed by atoms with van der Waals surface area (Å²) in [6.45, 7) is 0.999. The van der Waals surface area contributed by atoms with E-state index in [9.17, 15) is 9.18 Å². The van der Waals surface area contributed by atoms with Gasteiger partial charge in [-0.1, -0.05) is 0 Å². The van der Waals surface area contributed by atoms with Crippen LogP contribution in [0.5, 0.6) is 0 Å². The molecule has 9 heavy (non-hydrogen) atoms. The summed E-state index contributed by atoms with van der Waals surface area (Å²) < 4.78 is 17.3. The van der Waals surface area contributed by atoms with Crippen LogP contribution in [0, 0.1) is 5.92 Å². The van der Waals surface area contributed by atoms with E-state index in [1.807, 2.05) is 0 Å². The highest BCUT2D eigenvalue weighted by molar-refractivity contribution is 5.56. The Morgan fingerprint density at radius 1 is 1.78 bits per heavy atom. The molecule has 1 aliphatic rings. The molecule has 0 radical (unpaired) electrons. The third-order valence-corrected chi connectivity index (χ3v) is 1.55. The second-order valence-electron chi connectivity index (χ2n) is 2.20. The van der Waals surface area contributed by atoms with Gasteiger partial charge in [0, 0.05) is 12.5 Å². The molecular weight excluding hydrogens is 123 g/mol. The number of alkyl halides is 1. The fourth-order valence-corrected chi connectivity index (χ4v) is 0.915. The van der Waals surface area contributed by atoms with Crippen LogP contribution in [0.2, 0.25) is 0 Å². The van der Waals surface area contributed by atoms with E-state index in [2.05, 4.69) is 0 Å². The average molecular weight is 132 g/mol. The predicted molar refractivity (Wildman–Crippen MR) is 29.9 cm³/mol. The molecule has 0 N–H and O–H groups in total. The molecule has 0 aromatic heterocycles. The molecule has 52 valence electrons. The molecule has 1 saturated heterocycles. The summed E-state index contributed by atoms with van der Waals surface area (Å²) in [4.78, 5) is 9.86. The number of carbonyl (C=O) groups excluding carboxylic acids is 1. The fourth-order valence-electron chi connectivity index (χ4n) is 0.915. The number of rotatable bonds is 2. The van der Waals surface area contributed by atoms with Crippen LogP contribution in [-0.4, -0.2) is 25.7 Å². The minimum Gasteiger partial charge on any atom is -0.381 e. The van der Waals surface area contributed by atoms with Crippen molar-refractivity contribution < 1.29 is 13.9 Å². The first-order valence-corrected chi connectivity index (χ1v) is 3.01. The first kappa shape index (κ1) is 6.68. The summed E-state index contributed by atoms with van der Waals surface area (Å²) in [7, 11) is 0. The molecule has 2 atom stereocenters. The molecular formula is C6H9FO2. The minimum absolute atomic E-state index is 0.178. The summed E-state index contributed by atoms with van der Waals surface area (Å²) in [5.74, 6) is -0.178. The number of hydrogen-bond acceptors (Lipinski definition) is 2. The highest BCUT2D eigenvalue weighted by Gasteiger charge is 2.24. The second kappa shape index (κ2) is 2.92. The molecule has 1 heterocycles. The molecule has 0 aromatic rings. The molecule has 0 aromatic carbocycles. The van der Waals surface area contributed by atoms with Crippen molar-refractivity contribution in [1.82, 2.24) is 0 Å². The molecule has 3 heteroatoms. The zero-order valence-corrected chi connectivity index (χ0v) is 5.05. The minimum atomic E-state index is -1.31. The summed E-state index contributed by atoms with van der Waals surface area (Å²) in [5.41, 5.74) is 0. The molecule has 2 nitrogen and oxygen atoms in total.